The van der Waals surface area contributed by atoms with Crippen LogP contribution in [0.1, 0.15) is 51.1 Å². The SMILES string of the molecule is COc1cccc2c(C(=O)NCc3cccc(C)c3)cn(CCCN3C4CCC3CN(CC(=O)c3ccc(Cl)c(Cl)c3)C4)c12. The second-order valence-electron chi connectivity index (χ2n) is 12.0. The van der Waals surface area contributed by atoms with E-state index in [2.05, 4.69) is 38.7 Å². The highest BCUT2D eigenvalue weighted by molar-refractivity contribution is 6.42. The second-order valence-corrected chi connectivity index (χ2v) is 12.8. The number of likely N-dealkylation sites (tertiary alicyclic amines) is 1. The highest BCUT2D eigenvalue weighted by Crippen LogP contribution is 2.33. The summed E-state index contributed by atoms with van der Waals surface area (Å²) in [6.45, 7) is 6.43. The monoisotopic (exact) mass is 632 g/mol. The van der Waals surface area contributed by atoms with Gasteiger partial charge in [-0.05, 0) is 56.0 Å². The van der Waals surface area contributed by atoms with Crippen molar-refractivity contribution in [1.82, 2.24) is 19.7 Å². The summed E-state index contributed by atoms with van der Waals surface area (Å²) in [7, 11) is 1.67. The van der Waals surface area contributed by atoms with Crippen LogP contribution in [-0.2, 0) is 13.1 Å². The first-order chi connectivity index (χ1) is 21.3. The number of benzene rings is 3. The lowest BCUT2D eigenvalue weighted by molar-refractivity contribution is 0.0588. The van der Waals surface area contributed by atoms with E-state index in [9.17, 15) is 9.59 Å². The summed E-state index contributed by atoms with van der Waals surface area (Å²) < 4.78 is 7.89. The number of carbonyl (C=O) groups excluding carboxylic acids is 2. The number of para-hydroxylation sites is 1. The Morgan fingerprint density at radius 3 is 2.45 bits per heavy atom. The Hall–Kier alpha value is -3.36. The van der Waals surface area contributed by atoms with Crippen LogP contribution < -0.4 is 10.1 Å². The highest BCUT2D eigenvalue weighted by Gasteiger charge is 2.39. The predicted octanol–water partition coefficient (Wildman–Crippen LogP) is 6.62. The average molecular weight is 634 g/mol. The van der Waals surface area contributed by atoms with Crippen LogP contribution >= 0.6 is 23.2 Å². The van der Waals surface area contributed by atoms with Crippen molar-refractivity contribution in [1.29, 1.82) is 0 Å². The summed E-state index contributed by atoms with van der Waals surface area (Å²) in [5, 5.41) is 4.86. The maximum atomic E-state index is 13.4. The molecule has 44 heavy (non-hydrogen) atoms. The van der Waals surface area contributed by atoms with Gasteiger partial charge in [0, 0.05) is 62.0 Å². The van der Waals surface area contributed by atoms with Crippen molar-refractivity contribution in [3.63, 3.8) is 0 Å². The number of fused-ring (bicyclic) bond motifs is 3. The number of Topliss-reactive ketones (excluding diaryl/α,β-unsaturated/α-hetero) is 1. The molecule has 9 heteroatoms. The fraction of sp³-hybridized carbons (Fsp3) is 0.371. The number of ether oxygens (including phenoxy) is 1. The number of piperazine rings is 1. The van der Waals surface area contributed by atoms with Crippen LogP contribution in [0.4, 0.5) is 0 Å². The van der Waals surface area contributed by atoms with Gasteiger partial charge >= 0.3 is 0 Å². The Labute approximate surface area is 268 Å². The topological polar surface area (TPSA) is 66.8 Å². The Balaban J connectivity index is 1.09. The first kappa shape index (κ1) is 30.7. The molecule has 2 unspecified atom stereocenters. The van der Waals surface area contributed by atoms with Crippen LogP contribution in [0, 0.1) is 6.92 Å². The minimum atomic E-state index is -0.0897. The third-order valence-electron chi connectivity index (χ3n) is 8.99. The maximum Gasteiger partial charge on any atom is 0.253 e. The number of aryl methyl sites for hydroxylation is 2. The molecule has 230 valence electrons. The molecule has 6 rings (SSSR count). The first-order valence-electron chi connectivity index (χ1n) is 15.3. The van der Waals surface area contributed by atoms with E-state index < -0.39 is 0 Å². The molecule has 1 aromatic heterocycles. The van der Waals surface area contributed by atoms with Gasteiger partial charge in [-0.25, -0.2) is 0 Å². The number of ketones is 1. The van der Waals surface area contributed by atoms with E-state index in [4.69, 9.17) is 27.9 Å². The molecule has 2 aliphatic rings. The third-order valence-corrected chi connectivity index (χ3v) is 9.73. The van der Waals surface area contributed by atoms with Gasteiger partial charge in [-0.3, -0.25) is 19.4 Å². The average Bonchev–Trinajstić information content (AvgIpc) is 3.50. The van der Waals surface area contributed by atoms with Crippen LogP contribution in [0.3, 0.4) is 0 Å². The fourth-order valence-electron chi connectivity index (χ4n) is 6.91. The molecular formula is C35H38Cl2N4O3. The van der Waals surface area contributed by atoms with E-state index >= 15 is 0 Å². The van der Waals surface area contributed by atoms with E-state index in [0.717, 1.165) is 67.7 Å². The van der Waals surface area contributed by atoms with Gasteiger partial charge in [-0.15, -0.1) is 0 Å². The molecule has 0 radical (unpaired) electrons. The van der Waals surface area contributed by atoms with Crippen molar-refractivity contribution in [2.24, 2.45) is 0 Å². The molecule has 0 saturated carbocycles. The van der Waals surface area contributed by atoms with E-state index in [1.807, 2.05) is 36.5 Å². The zero-order valence-corrected chi connectivity index (χ0v) is 26.7. The molecular weight excluding hydrogens is 595 g/mol. The number of rotatable bonds is 11. The lowest BCUT2D eigenvalue weighted by Crippen LogP contribution is -2.54. The summed E-state index contributed by atoms with van der Waals surface area (Å²) in [6.07, 6.45) is 5.21. The van der Waals surface area contributed by atoms with Gasteiger partial charge in [-0.1, -0.05) is 65.2 Å². The van der Waals surface area contributed by atoms with Crippen molar-refractivity contribution in [2.45, 2.75) is 51.4 Å². The fourth-order valence-corrected chi connectivity index (χ4v) is 7.20. The number of amides is 1. The number of aromatic nitrogens is 1. The summed E-state index contributed by atoms with van der Waals surface area (Å²) in [4.78, 5) is 31.2. The summed E-state index contributed by atoms with van der Waals surface area (Å²) >= 11 is 12.2. The van der Waals surface area contributed by atoms with Gasteiger partial charge in [0.05, 0.1) is 34.8 Å². The smallest absolute Gasteiger partial charge is 0.253 e. The summed E-state index contributed by atoms with van der Waals surface area (Å²) in [5.41, 5.74) is 4.46. The Bertz CT molecular complexity index is 1670. The van der Waals surface area contributed by atoms with E-state index in [1.54, 1.807) is 25.3 Å². The number of halogens is 2. The van der Waals surface area contributed by atoms with Crippen molar-refractivity contribution < 1.29 is 14.3 Å². The van der Waals surface area contributed by atoms with E-state index in [0.29, 0.717) is 46.3 Å². The molecule has 3 aromatic carbocycles. The first-order valence-corrected chi connectivity index (χ1v) is 16.0. The summed E-state index contributed by atoms with van der Waals surface area (Å²) in [6, 6.07) is 20.0. The highest BCUT2D eigenvalue weighted by atomic mass is 35.5. The molecule has 3 heterocycles. The molecule has 1 amide bonds. The van der Waals surface area contributed by atoms with Gasteiger partial charge in [0.1, 0.15) is 5.75 Å². The molecule has 0 spiro atoms. The molecule has 2 aliphatic heterocycles. The molecule has 0 aliphatic carbocycles. The van der Waals surface area contributed by atoms with Crippen LogP contribution in [0.25, 0.3) is 10.9 Å². The third kappa shape index (κ3) is 6.52. The Kier molecular flexibility index (Phi) is 9.29. The van der Waals surface area contributed by atoms with Gasteiger partial charge in [0.15, 0.2) is 5.78 Å². The van der Waals surface area contributed by atoms with Crippen LogP contribution in [-0.4, -0.2) is 71.4 Å². The van der Waals surface area contributed by atoms with Crippen molar-refractivity contribution >= 4 is 45.8 Å². The van der Waals surface area contributed by atoms with Crippen molar-refractivity contribution in [2.75, 3.05) is 33.3 Å². The van der Waals surface area contributed by atoms with Crippen molar-refractivity contribution in [3.05, 3.63) is 99.2 Å². The van der Waals surface area contributed by atoms with Crippen LogP contribution in [0.5, 0.6) is 5.75 Å². The molecule has 2 saturated heterocycles. The number of nitrogens with zero attached hydrogens (tertiary/aromatic N) is 3. The zero-order valence-electron chi connectivity index (χ0n) is 25.2. The molecule has 2 bridgehead atoms. The van der Waals surface area contributed by atoms with E-state index in [-0.39, 0.29) is 11.7 Å². The number of carbonyl (C=O) groups is 2. The van der Waals surface area contributed by atoms with Gasteiger partial charge < -0.3 is 14.6 Å². The molecule has 2 atom stereocenters. The van der Waals surface area contributed by atoms with Crippen LogP contribution in [0.15, 0.2) is 66.9 Å². The van der Waals surface area contributed by atoms with Crippen LogP contribution in [0.2, 0.25) is 10.0 Å². The lowest BCUT2D eigenvalue weighted by Gasteiger charge is -2.41. The Morgan fingerprint density at radius 2 is 1.73 bits per heavy atom. The molecule has 1 N–H and O–H groups in total. The number of nitrogens with one attached hydrogen (secondary N) is 1. The standard InChI is InChI=1S/C35H38Cl2N4O3/c1-23-6-3-7-24(16-23)18-38-35(43)29-21-40(34-28(29)8-4-9-33(34)44-2)14-5-15-41-26-11-12-27(41)20-39(19-26)22-32(42)25-10-13-30(36)31(37)17-25/h3-4,6-10,13,16-17,21,26-27H,5,11-12,14-15,18-20,22H2,1-2H3,(H,38,43). The lowest BCUT2D eigenvalue weighted by atomic mass is 10.1. The predicted molar refractivity (Wildman–Crippen MR) is 176 cm³/mol. The normalized spacial score (nSPS) is 18.5. The molecule has 2 fully saturated rings. The largest absolute Gasteiger partial charge is 0.495 e. The minimum absolute atomic E-state index is 0.0728. The number of hydrogen-bond donors (Lipinski definition) is 1. The van der Waals surface area contributed by atoms with Gasteiger partial charge in [0.2, 0.25) is 0 Å². The second kappa shape index (κ2) is 13.3. The number of hydrogen-bond acceptors (Lipinski definition) is 5. The van der Waals surface area contributed by atoms with Gasteiger partial charge in [0.25, 0.3) is 5.91 Å². The molecule has 4 aromatic rings. The molecule has 7 nitrogen and oxygen atoms in total. The quantitative estimate of drug-likeness (QED) is 0.188. The van der Waals surface area contributed by atoms with Crippen molar-refractivity contribution in [3.8, 4) is 5.75 Å². The number of methoxy groups -OCH3 is 1. The van der Waals surface area contributed by atoms with Gasteiger partial charge in [-0.2, -0.15) is 0 Å². The zero-order chi connectivity index (χ0) is 30.8. The minimum Gasteiger partial charge on any atom is -0.495 e. The Morgan fingerprint density at radius 1 is 0.955 bits per heavy atom. The summed E-state index contributed by atoms with van der Waals surface area (Å²) in [5.74, 6) is 0.747. The van der Waals surface area contributed by atoms with E-state index in [1.165, 1.54) is 5.56 Å². The maximum absolute atomic E-state index is 13.4.